The number of rotatable bonds is 2. The second kappa shape index (κ2) is 6.18. The van der Waals surface area contributed by atoms with Crippen LogP contribution < -0.4 is 5.32 Å². The number of carbonyl (C=O) groups excluding carboxylic acids is 1. The molecule has 1 aromatic carbocycles. The van der Waals surface area contributed by atoms with Gasteiger partial charge in [0.25, 0.3) is 5.91 Å². The van der Waals surface area contributed by atoms with E-state index in [2.05, 4.69) is 36.2 Å². The van der Waals surface area contributed by atoms with Gasteiger partial charge in [-0.1, -0.05) is 17.7 Å². The summed E-state index contributed by atoms with van der Waals surface area (Å²) in [6.07, 6.45) is 4.76. The predicted octanol–water partition coefficient (Wildman–Crippen LogP) is 2.91. The SMILES string of the molecule is Cc1ccc(C(=O)N2CCCC2C2CCNCC2)c(C)c1. The lowest BCUT2D eigenvalue weighted by Gasteiger charge is -2.34. The lowest BCUT2D eigenvalue weighted by atomic mass is 9.88. The van der Waals surface area contributed by atoms with Crippen LogP contribution in [0.4, 0.5) is 0 Å². The molecule has 1 atom stereocenters. The molecule has 2 saturated heterocycles. The smallest absolute Gasteiger partial charge is 0.254 e. The number of piperidine rings is 1. The standard InChI is InChI=1S/C18H26N2O/c1-13-5-6-16(14(2)12-13)18(21)20-11-3-4-17(20)15-7-9-19-10-8-15/h5-6,12,15,17,19H,3-4,7-11H2,1-2H3. The Kier molecular flexibility index (Phi) is 4.29. The van der Waals surface area contributed by atoms with Crippen LogP contribution in [0.1, 0.15) is 47.2 Å². The zero-order valence-electron chi connectivity index (χ0n) is 13.2. The third kappa shape index (κ3) is 2.98. The Morgan fingerprint density at radius 1 is 1.19 bits per heavy atom. The normalized spacial score (nSPS) is 23.5. The number of amides is 1. The Morgan fingerprint density at radius 3 is 2.67 bits per heavy atom. The van der Waals surface area contributed by atoms with Crippen molar-refractivity contribution in [3.8, 4) is 0 Å². The zero-order valence-corrected chi connectivity index (χ0v) is 13.2. The van der Waals surface area contributed by atoms with Gasteiger partial charge in [-0.05, 0) is 70.2 Å². The van der Waals surface area contributed by atoms with Gasteiger partial charge in [0.05, 0.1) is 0 Å². The maximum absolute atomic E-state index is 12.9. The van der Waals surface area contributed by atoms with Crippen molar-refractivity contribution < 1.29 is 4.79 Å². The summed E-state index contributed by atoms with van der Waals surface area (Å²) in [6, 6.07) is 6.63. The molecule has 2 aliphatic heterocycles. The van der Waals surface area contributed by atoms with Crippen LogP contribution in [0, 0.1) is 19.8 Å². The molecule has 1 unspecified atom stereocenters. The second-order valence-corrected chi connectivity index (χ2v) is 6.61. The van der Waals surface area contributed by atoms with Crippen molar-refractivity contribution in [3.63, 3.8) is 0 Å². The molecule has 2 fully saturated rings. The highest BCUT2D eigenvalue weighted by Gasteiger charge is 2.35. The molecule has 3 heteroatoms. The summed E-state index contributed by atoms with van der Waals surface area (Å²) in [4.78, 5) is 15.1. The molecule has 2 heterocycles. The Labute approximate surface area is 127 Å². The van der Waals surface area contributed by atoms with Gasteiger partial charge in [0.1, 0.15) is 0 Å². The first-order chi connectivity index (χ1) is 10.2. The summed E-state index contributed by atoms with van der Waals surface area (Å²) in [5.41, 5.74) is 3.22. The fraction of sp³-hybridized carbons (Fsp3) is 0.611. The van der Waals surface area contributed by atoms with E-state index in [9.17, 15) is 4.79 Å². The molecule has 0 saturated carbocycles. The number of nitrogens with one attached hydrogen (secondary N) is 1. The Hall–Kier alpha value is -1.35. The highest BCUT2D eigenvalue weighted by molar-refractivity contribution is 5.96. The van der Waals surface area contributed by atoms with Gasteiger partial charge in [0.15, 0.2) is 0 Å². The van der Waals surface area contributed by atoms with Gasteiger partial charge in [0.2, 0.25) is 0 Å². The van der Waals surface area contributed by atoms with Gasteiger partial charge >= 0.3 is 0 Å². The van der Waals surface area contributed by atoms with E-state index >= 15 is 0 Å². The lowest BCUT2D eigenvalue weighted by molar-refractivity contribution is 0.0665. The third-order valence-electron chi connectivity index (χ3n) is 5.10. The summed E-state index contributed by atoms with van der Waals surface area (Å²) >= 11 is 0. The average molecular weight is 286 g/mol. The first-order valence-corrected chi connectivity index (χ1v) is 8.26. The predicted molar refractivity (Wildman–Crippen MR) is 85.6 cm³/mol. The lowest BCUT2D eigenvalue weighted by Crippen LogP contribution is -2.44. The highest BCUT2D eigenvalue weighted by atomic mass is 16.2. The van der Waals surface area contributed by atoms with Crippen LogP contribution >= 0.6 is 0 Å². The maximum atomic E-state index is 12.9. The van der Waals surface area contributed by atoms with Crippen molar-refractivity contribution in [2.24, 2.45) is 5.92 Å². The minimum atomic E-state index is 0.244. The number of aryl methyl sites for hydroxylation is 2. The van der Waals surface area contributed by atoms with Crippen molar-refractivity contribution >= 4 is 5.91 Å². The Bertz CT molecular complexity index is 520. The third-order valence-corrected chi connectivity index (χ3v) is 5.10. The molecule has 21 heavy (non-hydrogen) atoms. The topological polar surface area (TPSA) is 32.3 Å². The summed E-state index contributed by atoms with van der Waals surface area (Å²) in [6.45, 7) is 7.27. The molecule has 114 valence electrons. The van der Waals surface area contributed by atoms with Crippen molar-refractivity contribution in [1.29, 1.82) is 0 Å². The molecule has 1 N–H and O–H groups in total. The van der Waals surface area contributed by atoms with Gasteiger partial charge in [-0.2, -0.15) is 0 Å². The van der Waals surface area contributed by atoms with E-state index in [4.69, 9.17) is 0 Å². The largest absolute Gasteiger partial charge is 0.335 e. The summed E-state index contributed by atoms with van der Waals surface area (Å²) < 4.78 is 0. The first-order valence-electron chi connectivity index (χ1n) is 8.26. The molecule has 2 aliphatic rings. The van der Waals surface area contributed by atoms with Gasteiger partial charge in [-0.3, -0.25) is 4.79 Å². The van der Waals surface area contributed by atoms with Gasteiger partial charge in [-0.25, -0.2) is 0 Å². The quantitative estimate of drug-likeness (QED) is 0.906. The number of hydrogen-bond acceptors (Lipinski definition) is 2. The molecule has 1 aromatic rings. The monoisotopic (exact) mass is 286 g/mol. The number of nitrogens with zero attached hydrogens (tertiary/aromatic N) is 1. The number of benzene rings is 1. The first kappa shape index (κ1) is 14.6. The van der Waals surface area contributed by atoms with E-state index in [1.807, 2.05) is 6.07 Å². The van der Waals surface area contributed by atoms with E-state index in [-0.39, 0.29) is 5.91 Å². The van der Waals surface area contributed by atoms with Crippen LogP contribution in [-0.4, -0.2) is 36.5 Å². The van der Waals surface area contributed by atoms with Gasteiger partial charge in [-0.15, -0.1) is 0 Å². The highest BCUT2D eigenvalue weighted by Crippen LogP contribution is 2.31. The molecule has 0 aromatic heterocycles. The fourth-order valence-corrected chi connectivity index (χ4v) is 3.97. The number of carbonyl (C=O) groups is 1. The minimum absolute atomic E-state index is 0.244. The average Bonchev–Trinajstić information content (AvgIpc) is 2.97. The Balaban J connectivity index is 1.79. The van der Waals surface area contributed by atoms with Crippen LogP contribution in [0.3, 0.4) is 0 Å². The molecular formula is C18H26N2O. The zero-order chi connectivity index (χ0) is 14.8. The van der Waals surface area contributed by atoms with Crippen molar-refractivity contribution in [2.75, 3.05) is 19.6 Å². The molecule has 0 aliphatic carbocycles. The number of hydrogen-bond donors (Lipinski definition) is 1. The molecule has 3 rings (SSSR count). The number of likely N-dealkylation sites (tertiary alicyclic amines) is 1. The van der Waals surface area contributed by atoms with Crippen molar-refractivity contribution in [1.82, 2.24) is 10.2 Å². The molecule has 0 bridgehead atoms. The minimum Gasteiger partial charge on any atom is -0.335 e. The molecule has 0 radical (unpaired) electrons. The van der Waals surface area contributed by atoms with E-state index < -0.39 is 0 Å². The van der Waals surface area contributed by atoms with E-state index in [0.717, 1.165) is 37.2 Å². The van der Waals surface area contributed by atoms with Crippen LogP contribution in [0.2, 0.25) is 0 Å². The summed E-state index contributed by atoms with van der Waals surface area (Å²) in [5, 5.41) is 3.43. The molecule has 3 nitrogen and oxygen atoms in total. The second-order valence-electron chi connectivity index (χ2n) is 6.61. The molecule has 1 amide bonds. The fourth-order valence-electron chi connectivity index (χ4n) is 3.97. The van der Waals surface area contributed by atoms with Crippen molar-refractivity contribution in [3.05, 3.63) is 34.9 Å². The Morgan fingerprint density at radius 2 is 1.95 bits per heavy atom. The van der Waals surface area contributed by atoms with E-state index in [1.165, 1.54) is 24.8 Å². The van der Waals surface area contributed by atoms with Crippen LogP contribution in [0.25, 0.3) is 0 Å². The van der Waals surface area contributed by atoms with E-state index in [0.29, 0.717) is 12.0 Å². The van der Waals surface area contributed by atoms with Crippen LogP contribution in [0.5, 0.6) is 0 Å². The maximum Gasteiger partial charge on any atom is 0.254 e. The van der Waals surface area contributed by atoms with Crippen LogP contribution in [-0.2, 0) is 0 Å². The summed E-state index contributed by atoms with van der Waals surface area (Å²) in [7, 11) is 0. The summed E-state index contributed by atoms with van der Waals surface area (Å²) in [5.74, 6) is 0.928. The van der Waals surface area contributed by atoms with E-state index in [1.54, 1.807) is 0 Å². The molecular weight excluding hydrogens is 260 g/mol. The van der Waals surface area contributed by atoms with Gasteiger partial charge in [0, 0.05) is 18.2 Å². The van der Waals surface area contributed by atoms with Gasteiger partial charge < -0.3 is 10.2 Å². The van der Waals surface area contributed by atoms with Crippen LogP contribution in [0.15, 0.2) is 18.2 Å². The van der Waals surface area contributed by atoms with Crippen molar-refractivity contribution in [2.45, 2.75) is 45.6 Å². The molecule has 0 spiro atoms.